The molecule has 0 N–H and O–H groups in total. The fourth-order valence-electron chi connectivity index (χ4n) is 12.1. The zero-order valence-corrected chi connectivity index (χ0v) is 44.6. The minimum absolute atomic E-state index is 0.171. The Labute approximate surface area is 508 Å². The first-order valence-corrected chi connectivity index (χ1v) is 27.5. The van der Waals surface area contributed by atoms with Gasteiger partial charge < -0.3 is 8.83 Å². The Morgan fingerprint density at radius 2 is 0.464 bits per heavy atom. The maximum atomic E-state index is 9.39. The van der Waals surface area contributed by atoms with E-state index in [9.17, 15) is 11.0 Å². The van der Waals surface area contributed by atoms with Crippen LogP contribution in [0, 0.1) is 0 Å². The van der Waals surface area contributed by atoms with Crippen LogP contribution in [0.15, 0.2) is 324 Å². The molecule has 0 atom stereocenters. The molecule has 0 aliphatic rings. The van der Waals surface area contributed by atoms with E-state index in [0.717, 1.165) is 54.9 Å². The molecule has 0 aliphatic heterocycles. The Morgan fingerprint density at radius 1 is 0.190 bits per heavy atom. The van der Waals surface area contributed by atoms with E-state index in [4.69, 9.17) is 19.8 Å². The summed E-state index contributed by atoms with van der Waals surface area (Å²) in [5.74, 6) is 0. The van der Waals surface area contributed by atoms with Gasteiger partial charge in [-0.25, -0.2) is 0 Å². The molecule has 0 amide bonds. The van der Waals surface area contributed by atoms with Gasteiger partial charge in [-0.05, 0) is 157 Å². The smallest absolute Gasteiger partial charge is 0.135 e. The zero-order valence-electron chi connectivity index (χ0n) is 60.6. The number of furan rings is 2. The van der Waals surface area contributed by atoms with Crippen LogP contribution in [0.3, 0.4) is 0 Å². The molecule has 2 nitrogen and oxygen atoms in total. The monoisotopic (exact) mass is 1080 g/mol. The molecule has 84 heavy (non-hydrogen) atoms. The van der Waals surface area contributed by atoms with E-state index in [1.165, 1.54) is 0 Å². The molecule has 15 aromatic carbocycles. The summed E-state index contributed by atoms with van der Waals surface area (Å²) < 4.78 is 157. The Kier molecular flexibility index (Phi) is 8.52. The lowest BCUT2D eigenvalue weighted by atomic mass is 9.83. The van der Waals surface area contributed by atoms with Crippen molar-refractivity contribution < 1.29 is 30.8 Å². The lowest BCUT2D eigenvalue weighted by Gasteiger charge is -2.20. The first-order chi connectivity index (χ1) is 48.3. The number of hydrogen-bond donors (Lipinski definition) is 0. The highest BCUT2D eigenvalue weighted by molar-refractivity contribution is 6.25. The predicted octanol–water partition coefficient (Wildman–Crippen LogP) is 23.5. The third-order valence-corrected chi connectivity index (χ3v) is 15.9. The van der Waals surface area contributed by atoms with Gasteiger partial charge in [0.15, 0.2) is 0 Å². The van der Waals surface area contributed by atoms with Crippen LogP contribution >= 0.6 is 0 Å². The molecule has 0 unspecified atom stereocenters. The standard InChI is InChI=1S/C44H28O.C38H24O/c1-2-12-29(13-3-1)30-22-24-31(25-23-30)33-14-4-5-16-35(33)44-38-19-8-6-17-36(38)43(37-18-7-9-20-39(37)44)32-26-27-42-40(28-32)34-15-10-11-21-41(34)45-42;1-2-12-25(13-3-1)27-14-4-5-16-29(27)38-32-19-8-6-17-30(32)37(31-18-7-9-20-33(31)38)26-22-23-36-34(24-26)28-15-10-11-21-35(28)39-36/h1-28H;1-24H/i2*6D,7D,8D,9D,17D,18D,19D,20D. The SMILES string of the molecule is [2H]c1c([2H])c([2H])c2c(-c3ccccc3-c3ccc(-c4ccccc4)cc3)c3c([2H])c([2H])c([2H])c([2H])c3c(-c3ccc4oc5ccccc5c4c3)c2c1[2H].[2H]c1c([2H])c([2H])c2c(-c3ccccc3-c3ccccc3)c3c([2H])c([2H])c([2H])c([2H])c3c(-c3ccc4oc5ccccc5c4c3)c2c1[2H]. The summed E-state index contributed by atoms with van der Waals surface area (Å²) in [6.07, 6.45) is 0. The molecular weight excluding hydrogens is 1020 g/mol. The van der Waals surface area contributed by atoms with Gasteiger partial charge in [-0.3, -0.25) is 0 Å². The van der Waals surface area contributed by atoms with Crippen LogP contribution in [0.5, 0.6) is 0 Å². The largest absolute Gasteiger partial charge is 0.456 e. The van der Waals surface area contributed by atoms with Crippen LogP contribution in [0.2, 0.25) is 0 Å². The summed E-state index contributed by atoms with van der Waals surface area (Å²) in [6, 6.07) is 62.8. The highest BCUT2D eigenvalue weighted by atomic mass is 16.3. The van der Waals surface area contributed by atoms with Crippen molar-refractivity contribution in [3.05, 3.63) is 315 Å². The van der Waals surface area contributed by atoms with E-state index < -0.39 is 48.3 Å². The van der Waals surface area contributed by atoms with Gasteiger partial charge in [-0.15, -0.1) is 0 Å². The third kappa shape index (κ3) is 8.26. The molecule has 0 saturated heterocycles. The third-order valence-electron chi connectivity index (χ3n) is 15.9. The molecule has 0 saturated carbocycles. The minimum Gasteiger partial charge on any atom is -0.456 e. The predicted molar refractivity (Wildman–Crippen MR) is 356 cm³/mol. The Balaban J connectivity index is 0.000000157. The second-order valence-electron chi connectivity index (χ2n) is 20.5. The van der Waals surface area contributed by atoms with E-state index in [1.807, 2.05) is 194 Å². The van der Waals surface area contributed by atoms with Gasteiger partial charge in [0.25, 0.3) is 0 Å². The Hall–Kier alpha value is -11.1. The number of fused-ring (bicyclic) bond motifs is 10. The van der Waals surface area contributed by atoms with Crippen molar-refractivity contribution in [2.75, 3.05) is 0 Å². The Bertz CT molecular complexity index is 6180. The zero-order chi connectivity index (χ0) is 69.4. The van der Waals surface area contributed by atoms with Crippen LogP contribution < -0.4 is 0 Å². The van der Waals surface area contributed by atoms with Gasteiger partial charge in [-0.2, -0.15) is 0 Å². The van der Waals surface area contributed by atoms with Gasteiger partial charge >= 0.3 is 0 Å². The van der Waals surface area contributed by atoms with Gasteiger partial charge in [0.05, 0.1) is 21.9 Å². The summed E-state index contributed by atoms with van der Waals surface area (Å²) in [5, 5.41) is 4.68. The summed E-state index contributed by atoms with van der Waals surface area (Å²) >= 11 is 0. The molecular formula is C82H52O2. The first-order valence-electron chi connectivity index (χ1n) is 35.5. The van der Waals surface area contributed by atoms with Gasteiger partial charge in [-0.1, -0.05) is 279 Å². The minimum atomic E-state index is -0.436. The van der Waals surface area contributed by atoms with Gasteiger partial charge in [0, 0.05) is 21.5 Å². The summed E-state index contributed by atoms with van der Waals surface area (Å²) in [5.41, 5.74) is 11.4. The van der Waals surface area contributed by atoms with Crippen LogP contribution in [-0.2, 0) is 0 Å². The Morgan fingerprint density at radius 3 is 0.869 bits per heavy atom. The summed E-state index contributed by atoms with van der Waals surface area (Å²) in [6.45, 7) is 0. The van der Waals surface area contributed by atoms with Gasteiger partial charge in [0.1, 0.15) is 22.3 Å². The average Bonchev–Trinajstić information content (AvgIpc) is 0.802. The highest BCUT2D eigenvalue weighted by Crippen LogP contribution is 2.49. The van der Waals surface area contributed by atoms with Gasteiger partial charge in [0.2, 0.25) is 0 Å². The molecule has 0 fully saturated rings. The number of hydrogen-bond acceptors (Lipinski definition) is 2. The van der Waals surface area contributed by atoms with Crippen molar-refractivity contribution in [2.45, 2.75) is 0 Å². The molecule has 2 heteroatoms. The van der Waals surface area contributed by atoms with Crippen molar-refractivity contribution >= 4 is 87.0 Å². The highest BCUT2D eigenvalue weighted by Gasteiger charge is 2.22. The van der Waals surface area contributed by atoms with Crippen molar-refractivity contribution in [3.63, 3.8) is 0 Å². The van der Waals surface area contributed by atoms with Crippen LogP contribution in [0.1, 0.15) is 21.9 Å². The van der Waals surface area contributed by atoms with Crippen molar-refractivity contribution in [1.29, 1.82) is 0 Å². The lowest BCUT2D eigenvalue weighted by Crippen LogP contribution is -1.92. The van der Waals surface area contributed by atoms with E-state index in [1.54, 1.807) is 24.3 Å². The maximum Gasteiger partial charge on any atom is 0.135 e. The molecule has 0 aliphatic carbocycles. The quantitative estimate of drug-likeness (QED) is 0.149. The van der Waals surface area contributed by atoms with E-state index in [2.05, 4.69) is 0 Å². The maximum absolute atomic E-state index is 9.39. The second kappa shape index (κ2) is 20.5. The fourth-order valence-corrected chi connectivity index (χ4v) is 12.1. The molecule has 392 valence electrons. The lowest BCUT2D eigenvalue weighted by molar-refractivity contribution is 0.668. The molecule has 2 aromatic heterocycles. The number of para-hydroxylation sites is 2. The fraction of sp³-hybridized carbons (Fsp3) is 0. The summed E-state index contributed by atoms with van der Waals surface area (Å²) in [7, 11) is 0. The molecule has 0 radical (unpaired) electrons. The molecule has 17 rings (SSSR count). The normalized spacial score (nSPS) is 14.2. The van der Waals surface area contributed by atoms with E-state index >= 15 is 0 Å². The van der Waals surface area contributed by atoms with Crippen LogP contribution in [-0.4, -0.2) is 0 Å². The topological polar surface area (TPSA) is 26.3 Å². The second-order valence-corrected chi connectivity index (χ2v) is 20.5. The average molecular weight is 1090 g/mol. The van der Waals surface area contributed by atoms with Crippen molar-refractivity contribution in [2.24, 2.45) is 0 Å². The number of benzene rings is 15. The molecule has 0 spiro atoms. The molecule has 2 heterocycles. The van der Waals surface area contributed by atoms with E-state index in [0.29, 0.717) is 66.8 Å². The van der Waals surface area contributed by atoms with Crippen LogP contribution in [0.25, 0.3) is 165 Å². The first kappa shape index (κ1) is 34.9. The molecule has 17 aromatic rings. The van der Waals surface area contributed by atoms with Crippen LogP contribution in [0.4, 0.5) is 0 Å². The van der Waals surface area contributed by atoms with Crippen molar-refractivity contribution in [1.82, 2.24) is 0 Å². The molecule has 0 bridgehead atoms. The summed E-state index contributed by atoms with van der Waals surface area (Å²) in [4.78, 5) is 0. The number of rotatable bonds is 7. The van der Waals surface area contributed by atoms with Crippen molar-refractivity contribution in [3.8, 4) is 77.9 Å². The van der Waals surface area contributed by atoms with E-state index in [-0.39, 0.29) is 91.4 Å².